The molecule has 0 heterocycles. The van der Waals surface area contributed by atoms with E-state index < -0.39 is 0 Å². The third-order valence-corrected chi connectivity index (χ3v) is 3.36. The van der Waals surface area contributed by atoms with Crippen LogP contribution in [-0.2, 0) is 4.79 Å². The Bertz CT molecular complexity index is 721. The van der Waals surface area contributed by atoms with Crippen molar-refractivity contribution in [2.45, 2.75) is 6.92 Å². The first-order valence-electron chi connectivity index (χ1n) is 6.79. The molecule has 2 aromatic rings. The molecule has 0 saturated carbocycles. The van der Waals surface area contributed by atoms with E-state index >= 15 is 0 Å². The lowest BCUT2D eigenvalue weighted by atomic mass is 9.97. The third-order valence-electron chi connectivity index (χ3n) is 3.36. The van der Waals surface area contributed by atoms with Crippen molar-refractivity contribution in [1.29, 1.82) is 0 Å². The van der Waals surface area contributed by atoms with Crippen molar-refractivity contribution in [3.8, 4) is 5.75 Å². The van der Waals surface area contributed by atoms with Crippen LogP contribution in [0, 0.1) is 6.92 Å². The second-order valence-corrected chi connectivity index (χ2v) is 4.70. The van der Waals surface area contributed by atoms with Crippen LogP contribution >= 0.6 is 0 Å². The molecule has 0 aliphatic heterocycles. The Hall–Kier alpha value is -2.88. The normalized spacial score (nSPS) is 9.91. The number of carbonyl (C=O) groups excluding carboxylic acids is 2. The fourth-order valence-corrected chi connectivity index (χ4v) is 2.18. The van der Waals surface area contributed by atoms with E-state index in [1.54, 1.807) is 31.2 Å². The second kappa shape index (κ2) is 6.72. The average molecular weight is 295 g/mol. The largest absolute Gasteiger partial charge is 0.495 e. The van der Waals surface area contributed by atoms with Crippen molar-refractivity contribution in [3.05, 3.63) is 71.8 Å². The summed E-state index contributed by atoms with van der Waals surface area (Å²) >= 11 is 0. The number of ketones is 1. The molecule has 0 bridgehead atoms. The number of amides is 1. The first-order valence-corrected chi connectivity index (χ1v) is 6.79. The zero-order valence-electron chi connectivity index (χ0n) is 12.6. The Morgan fingerprint density at radius 3 is 2.41 bits per heavy atom. The first kappa shape index (κ1) is 15.5. The fourth-order valence-electron chi connectivity index (χ4n) is 2.18. The van der Waals surface area contributed by atoms with E-state index in [4.69, 9.17) is 4.74 Å². The van der Waals surface area contributed by atoms with Gasteiger partial charge in [0.1, 0.15) is 5.75 Å². The van der Waals surface area contributed by atoms with Crippen molar-refractivity contribution in [2.24, 2.45) is 0 Å². The minimum atomic E-state index is -0.356. The van der Waals surface area contributed by atoms with Crippen LogP contribution in [-0.4, -0.2) is 18.8 Å². The molecular weight excluding hydrogens is 278 g/mol. The number of benzene rings is 2. The highest BCUT2D eigenvalue weighted by molar-refractivity contribution is 6.11. The molecule has 4 nitrogen and oxygen atoms in total. The van der Waals surface area contributed by atoms with Crippen LogP contribution in [0.1, 0.15) is 21.5 Å². The van der Waals surface area contributed by atoms with Gasteiger partial charge in [-0.2, -0.15) is 0 Å². The predicted octanol–water partition coefficient (Wildman–Crippen LogP) is 3.36. The summed E-state index contributed by atoms with van der Waals surface area (Å²) in [4.78, 5) is 24.2. The van der Waals surface area contributed by atoms with E-state index in [1.165, 1.54) is 13.2 Å². The lowest BCUT2D eigenvalue weighted by Gasteiger charge is -2.15. The van der Waals surface area contributed by atoms with Crippen LogP contribution in [0.2, 0.25) is 0 Å². The topological polar surface area (TPSA) is 55.4 Å². The smallest absolute Gasteiger partial charge is 0.247 e. The summed E-state index contributed by atoms with van der Waals surface area (Å²) in [5.74, 6) is 0.0397. The van der Waals surface area contributed by atoms with Crippen LogP contribution in [0.25, 0.3) is 0 Å². The molecule has 2 aromatic carbocycles. The van der Waals surface area contributed by atoms with Gasteiger partial charge in [0.25, 0.3) is 0 Å². The number of anilines is 1. The highest BCUT2D eigenvalue weighted by Gasteiger charge is 2.17. The number of hydrogen-bond donors (Lipinski definition) is 1. The molecule has 0 aliphatic carbocycles. The molecule has 4 heteroatoms. The molecular formula is C18H17NO3. The van der Waals surface area contributed by atoms with E-state index in [-0.39, 0.29) is 11.7 Å². The second-order valence-electron chi connectivity index (χ2n) is 4.70. The van der Waals surface area contributed by atoms with Gasteiger partial charge in [0.15, 0.2) is 5.78 Å². The van der Waals surface area contributed by atoms with E-state index in [0.29, 0.717) is 28.1 Å². The molecule has 22 heavy (non-hydrogen) atoms. The van der Waals surface area contributed by atoms with Gasteiger partial charge in [0.2, 0.25) is 5.91 Å². The summed E-state index contributed by atoms with van der Waals surface area (Å²) in [5.41, 5.74) is 2.25. The molecule has 0 spiro atoms. The maximum Gasteiger partial charge on any atom is 0.247 e. The summed E-state index contributed by atoms with van der Waals surface area (Å²) in [6.45, 7) is 5.20. The third kappa shape index (κ3) is 3.06. The Balaban J connectivity index is 2.50. The van der Waals surface area contributed by atoms with E-state index in [1.807, 2.05) is 18.2 Å². The van der Waals surface area contributed by atoms with Gasteiger partial charge in [0.05, 0.1) is 12.8 Å². The minimum Gasteiger partial charge on any atom is -0.495 e. The first-order chi connectivity index (χ1) is 10.6. The lowest BCUT2D eigenvalue weighted by molar-refractivity contribution is -0.111. The van der Waals surface area contributed by atoms with Gasteiger partial charge in [-0.15, -0.1) is 0 Å². The molecule has 0 saturated heterocycles. The highest BCUT2D eigenvalue weighted by Crippen LogP contribution is 2.31. The summed E-state index contributed by atoms with van der Waals surface area (Å²) in [6.07, 6.45) is 1.17. The number of hydrogen-bond acceptors (Lipinski definition) is 3. The Kier molecular flexibility index (Phi) is 4.73. The molecule has 0 aliphatic rings. The monoisotopic (exact) mass is 295 g/mol. The van der Waals surface area contributed by atoms with Gasteiger partial charge >= 0.3 is 0 Å². The van der Waals surface area contributed by atoms with Gasteiger partial charge in [-0.05, 0) is 30.7 Å². The predicted molar refractivity (Wildman–Crippen MR) is 86.4 cm³/mol. The Labute approximate surface area is 129 Å². The Morgan fingerprint density at radius 2 is 1.82 bits per heavy atom. The number of rotatable bonds is 5. The van der Waals surface area contributed by atoms with Crippen LogP contribution in [0.4, 0.5) is 5.69 Å². The molecule has 112 valence electrons. The zero-order chi connectivity index (χ0) is 16.1. The van der Waals surface area contributed by atoms with Crippen LogP contribution in [0.5, 0.6) is 5.75 Å². The maximum absolute atomic E-state index is 12.6. The van der Waals surface area contributed by atoms with E-state index in [0.717, 1.165) is 0 Å². The quantitative estimate of drug-likeness (QED) is 0.679. The molecule has 0 radical (unpaired) electrons. The molecule has 1 N–H and O–H groups in total. The highest BCUT2D eigenvalue weighted by atomic mass is 16.5. The van der Waals surface area contributed by atoms with Crippen LogP contribution in [0.3, 0.4) is 0 Å². The summed E-state index contributed by atoms with van der Waals surface area (Å²) in [6, 6.07) is 12.4. The SMILES string of the molecule is C=CC(=O)Nc1c(OC)ccc(C(=O)c2ccccc2)c1C. The van der Waals surface area contributed by atoms with Crippen molar-refractivity contribution in [3.63, 3.8) is 0 Å². The van der Waals surface area contributed by atoms with Gasteiger partial charge < -0.3 is 10.1 Å². The van der Waals surface area contributed by atoms with Crippen molar-refractivity contribution in [1.82, 2.24) is 0 Å². The number of ether oxygens (including phenoxy) is 1. The number of methoxy groups -OCH3 is 1. The molecule has 2 rings (SSSR count). The van der Waals surface area contributed by atoms with Crippen molar-refractivity contribution >= 4 is 17.4 Å². The molecule has 0 fully saturated rings. The summed E-state index contributed by atoms with van der Waals surface area (Å²) < 4.78 is 5.25. The van der Waals surface area contributed by atoms with Gasteiger partial charge in [-0.1, -0.05) is 36.9 Å². The number of nitrogens with one attached hydrogen (secondary N) is 1. The van der Waals surface area contributed by atoms with Crippen LogP contribution < -0.4 is 10.1 Å². The molecule has 1 amide bonds. The molecule has 0 atom stereocenters. The average Bonchev–Trinajstić information content (AvgIpc) is 2.56. The fraction of sp³-hybridized carbons (Fsp3) is 0.111. The molecule has 0 aromatic heterocycles. The summed E-state index contributed by atoms with van der Waals surface area (Å²) in [7, 11) is 1.51. The van der Waals surface area contributed by atoms with Gasteiger partial charge in [0, 0.05) is 11.1 Å². The van der Waals surface area contributed by atoms with Gasteiger partial charge in [-0.3, -0.25) is 9.59 Å². The van der Waals surface area contributed by atoms with Crippen molar-refractivity contribution < 1.29 is 14.3 Å². The van der Waals surface area contributed by atoms with Crippen molar-refractivity contribution in [2.75, 3.05) is 12.4 Å². The van der Waals surface area contributed by atoms with E-state index in [9.17, 15) is 9.59 Å². The zero-order valence-corrected chi connectivity index (χ0v) is 12.6. The van der Waals surface area contributed by atoms with Crippen LogP contribution in [0.15, 0.2) is 55.1 Å². The Morgan fingerprint density at radius 1 is 1.14 bits per heavy atom. The number of carbonyl (C=O) groups is 2. The summed E-state index contributed by atoms with van der Waals surface area (Å²) in [5, 5.41) is 2.69. The standard InChI is InChI=1S/C18H17NO3/c1-4-16(20)19-17-12(2)14(10-11-15(17)22-3)18(21)13-8-6-5-7-9-13/h4-11H,1H2,2-3H3,(H,19,20). The minimum absolute atomic E-state index is 0.102. The molecule has 0 unspecified atom stereocenters. The van der Waals surface area contributed by atoms with Gasteiger partial charge in [-0.25, -0.2) is 0 Å². The lowest BCUT2D eigenvalue weighted by Crippen LogP contribution is -2.12. The van der Waals surface area contributed by atoms with E-state index in [2.05, 4.69) is 11.9 Å². The maximum atomic E-state index is 12.6.